The fraction of sp³-hybridized carbons (Fsp3) is 0. The SMILES string of the molecule is O.O.O=S(=O)([O-])c1cccc(P)c1.[K+].c1ccc(-c2ccccc2)cc1. The Kier molecular flexibility index (Phi) is 14.6. The van der Waals surface area contributed by atoms with Gasteiger partial charge in [0.1, 0.15) is 10.1 Å². The van der Waals surface area contributed by atoms with Crippen molar-refractivity contribution in [2.75, 3.05) is 0 Å². The molecule has 5 nitrogen and oxygen atoms in total. The zero-order chi connectivity index (χ0) is 16.7. The number of rotatable bonds is 2. The van der Waals surface area contributed by atoms with Crippen molar-refractivity contribution in [1.29, 1.82) is 0 Å². The monoisotopic (exact) mass is 418 g/mol. The molecule has 1 atom stereocenters. The van der Waals surface area contributed by atoms with E-state index in [1.165, 1.54) is 29.3 Å². The van der Waals surface area contributed by atoms with Crippen LogP contribution in [0, 0.1) is 0 Å². The molecule has 3 aromatic rings. The summed E-state index contributed by atoms with van der Waals surface area (Å²) in [5, 5.41) is 0.682. The Labute approximate surface area is 198 Å². The summed E-state index contributed by atoms with van der Waals surface area (Å²) in [6.45, 7) is 0. The minimum Gasteiger partial charge on any atom is -0.744 e. The van der Waals surface area contributed by atoms with Crippen molar-refractivity contribution < 1.29 is 75.3 Å². The van der Waals surface area contributed by atoms with Gasteiger partial charge >= 0.3 is 51.4 Å². The van der Waals surface area contributed by atoms with Crippen LogP contribution < -0.4 is 56.7 Å². The molecule has 3 aromatic carbocycles. The van der Waals surface area contributed by atoms with Gasteiger partial charge in [0, 0.05) is 0 Å². The average Bonchev–Trinajstić information content (AvgIpc) is 2.56. The number of hydrogen-bond acceptors (Lipinski definition) is 3. The van der Waals surface area contributed by atoms with E-state index in [1.54, 1.807) is 6.07 Å². The zero-order valence-corrected chi connectivity index (χ0v) is 19.4. The van der Waals surface area contributed by atoms with Gasteiger partial charge in [0.25, 0.3) is 0 Å². The summed E-state index contributed by atoms with van der Waals surface area (Å²) in [7, 11) is -1.97. The van der Waals surface area contributed by atoms with E-state index in [4.69, 9.17) is 0 Å². The van der Waals surface area contributed by atoms with E-state index in [0.29, 0.717) is 5.30 Å². The molecule has 4 N–H and O–H groups in total. The van der Waals surface area contributed by atoms with E-state index in [1.807, 2.05) is 12.1 Å². The van der Waals surface area contributed by atoms with E-state index in [2.05, 4.69) is 57.8 Å². The second-order valence-corrected chi connectivity index (χ2v) is 6.80. The average molecular weight is 418 g/mol. The van der Waals surface area contributed by atoms with Crippen LogP contribution in [-0.2, 0) is 10.1 Å². The van der Waals surface area contributed by atoms with Crippen LogP contribution in [0.15, 0.2) is 89.8 Å². The molecule has 0 radical (unpaired) electrons. The Morgan fingerprint density at radius 1 is 0.692 bits per heavy atom. The quantitative estimate of drug-likeness (QED) is 0.295. The largest absolute Gasteiger partial charge is 1.00 e. The maximum atomic E-state index is 10.4. The van der Waals surface area contributed by atoms with Gasteiger partial charge < -0.3 is 15.5 Å². The van der Waals surface area contributed by atoms with Crippen LogP contribution in [0.3, 0.4) is 0 Å². The molecule has 0 aromatic heterocycles. The molecule has 3 rings (SSSR count). The van der Waals surface area contributed by atoms with E-state index in [-0.39, 0.29) is 67.2 Å². The second-order valence-electron chi connectivity index (χ2n) is 4.76. The molecule has 8 heteroatoms. The van der Waals surface area contributed by atoms with Gasteiger partial charge in [-0.15, -0.1) is 9.24 Å². The van der Waals surface area contributed by atoms with E-state index in [9.17, 15) is 13.0 Å². The first-order valence-corrected chi connectivity index (χ1v) is 8.87. The van der Waals surface area contributed by atoms with Gasteiger partial charge in [-0.1, -0.05) is 72.8 Å². The van der Waals surface area contributed by atoms with Crippen molar-refractivity contribution in [3.05, 3.63) is 84.9 Å². The summed E-state index contributed by atoms with van der Waals surface area (Å²) in [5.41, 5.74) is 2.55. The van der Waals surface area contributed by atoms with Crippen LogP contribution in [0.4, 0.5) is 0 Å². The Balaban J connectivity index is 0. The Bertz CT molecular complexity index is 822. The van der Waals surface area contributed by atoms with Crippen molar-refractivity contribution in [3.63, 3.8) is 0 Å². The third kappa shape index (κ3) is 9.48. The van der Waals surface area contributed by atoms with Crippen LogP contribution in [0.5, 0.6) is 0 Å². The summed E-state index contributed by atoms with van der Waals surface area (Å²) in [5.74, 6) is 0. The maximum absolute atomic E-state index is 10.4. The molecule has 0 aliphatic carbocycles. The summed E-state index contributed by atoms with van der Waals surface area (Å²) in [6.07, 6.45) is 0. The molecule has 26 heavy (non-hydrogen) atoms. The predicted octanol–water partition coefficient (Wildman–Crippen LogP) is -1.20. The van der Waals surface area contributed by atoms with Crippen LogP contribution in [-0.4, -0.2) is 23.9 Å². The molecular weight excluding hydrogens is 398 g/mol. The fourth-order valence-electron chi connectivity index (χ4n) is 1.93. The standard InChI is InChI=1S/C12H10.C6H7O3PS.K.2H2O/c1-3-7-11(8-4-1)12-9-5-2-6-10-12;7-11(8,9)6-3-1-2-5(10)4-6;;;/h1-10H;1-4H,10H2,(H,7,8,9);;2*1H2/q;;+1;;/p-1. The third-order valence-corrected chi connectivity index (χ3v) is 4.22. The summed E-state index contributed by atoms with van der Waals surface area (Å²) in [4.78, 5) is -0.190. The van der Waals surface area contributed by atoms with Crippen molar-refractivity contribution in [3.8, 4) is 11.1 Å². The van der Waals surface area contributed by atoms with Crippen LogP contribution in [0.1, 0.15) is 0 Å². The van der Waals surface area contributed by atoms with Gasteiger partial charge in [-0.05, 0) is 28.6 Å². The molecule has 1 unspecified atom stereocenters. The molecule has 0 bridgehead atoms. The van der Waals surface area contributed by atoms with Crippen LogP contribution in [0.2, 0.25) is 0 Å². The Hall–Kier alpha value is -0.444. The van der Waals surface area contributed by atoms with Gasteiger partial charge in [0.05, 0.1) is 4.90 Å². The molecule has 0 saturated heterocycles. The first kappa shape index (κ1) is 27.8. The molecule has 134 valence electrons. The third-order valence-electron chi connectivity index (χ3n) is 3.03. The smallest absolute Gasteiger partial charge is 0.744 e. The normalized spacial score (nSPS) is 9.31. The second kappa shape index (κ2) is 13.7. The van der Waals surface area contributed by atoms with Crippen molar-refractivity contribution >= 4 is 24.7 Å². The molecular formula is C18H20KO5PS. The fourth-order valence-corrected chi connectivity index (χ4v) is 2.87. The summed E-state index contributed by atoms with van der Waals surface area (Å²) in [6, 6.07) is 26.6. The van der Waals surface area contributed by atoms with Crippen LogP contribution >= 0.6 is 9.24 Å². The van der Waals surface area contributed by atoms with Gasteiger partial charge in [-0.25, -0.2) is 8.42 Å². The molecule has 0 aliphatic rings. The van der Waals surface area contributed by atoms with Gasteiger partial charge in [-0.3, -0.25) is 0 Å². The van der Waals surface area contributed by atoms with Gasteiger partial charge in [-0.2, -0.15) is 0 Å². The van der Waals surface area contributed by atoms with Crippen LogP contribution in [0.25, 0.3) is 11.1 Å². The number of hydrogen-bond donors (Lipinski definition) is 0. The van der Waals surface area contributed by atoms with E-state index >= 15 is 0 Å². The molecule has 0 heterocycles. The van der Waals surface area contributed by atoms with Gasteiger partial charge in [0.2, 0.25) is 0 Å². The molecule has 0 saturated carbocycles. The Morgan fingerprint density at radius 3 is 1.42 bits per heavy atom. The molecule has 0 spiro atoms. The molecule has 0 aliphatic heterocycles. The van der Waals surface area contributed by atoms with Crippen molar-refractivity contribution in [1.82, 2.24) is 0 Å². The predicted molar refractivity (Wildman–Crippen MR) is 103 cm³/mol. The first-order chi connectivity index (χ1) is 11.0. The number of benzene rings is 3. The minimum absolute atomic E-state index is 0. The zero-order valence-electron chi connectivity index (χ0n) is 14.3. The first-order valence-electron chi connectivity index (χ1n) is 6.89. The van der Waals surface area contributed by atoms with E-state index in [0.717, 1.165) is 0 Å². The minimum atomic E-state index is -4.29. The molecule has 0 fully saturated rings. The van der Waals surface area contributed by atoms with Crippen molar-refractivity contribution in [2.45, 2.75) is 4.90 Å². The maximum Gasteiger partial charge on any atom is 1.00 e. The summed E-state index contributed by atoms with van der Waals surface area (Å²) >= 11 is 0. The summed E-state index contributed by atoms with van der Waals surface area (Å²) < 4.78 is 31.3. The van der Waals surface area contributed by atoms with E-state index < -0.39 is 10.1 Å². The Morgan fingerprint density at radius 2 is 1.12 bits per heavy atom. The molecule has 0 amide bonds. The topological polar surface area (TPSA) is 120 Å². The van der Waals surface area contributed by atoms with Gasteiger partial charge in [0.15, 0.2) is 0 Å². The van der Waals surface area contributed by atoms with Crippen molar-refractivity contribution in [2.24, 2.45) is 0 Å².